The molecule has 1 aromatic carbocycles. The van der Waals surface area contributed by atoms with Gasteiger partial charge in [-0.2, -0.15) is 0 Å². The molecule has 1 aliphatic rings. The first-order valence-electron chi connectivity index (χ1n) is 9.84. The first kappa shape index (κ1) is 19.1. The summed E-state index contributed by atoms with van der Waals surface area (Å²) in [6.07, 6.45) is 7.85. The van der Waals surface area contributed by atoms with Crippen molar-refractivity contribution in [1.82, 2.24) is 4.98 Å². The molecule has 5 nitrogen and oxygen atoms in total. The lowest BCUT2D eigenvalue weighted by Gasteiger charge is -2.43. The number of allylic oxidation sites excluding steroid dienone is 1. The van der Waals surface area contributed by atoms with Crippen LogP contribution in [-0.4, -0.2) is 23.4 Å². The Bertz CT molecular complexity index is 1160. The second kappa shape index (κ2) is 7.32. The van der Waals surface area contributed by atoms with Crippen molar-refractivity contribution in [3.8, 4) is 11.1 Å². The van der Waals surface area contributed by atoms with Gasteiger partial charge in [-0.1, -0.05) is 6.08 Å². The average Bonchev–Trinajstić information content (AvgIpc) is 2.69. The number of carbonyl (C=O) groups excluding carboxylic acids is 1. The summed E-state index contributed by atoms with van der Waals surface area (Å²) in [5.41, 5.74) is 4.68. The van der Waals surface area contributed by atoms with Gasteiger partial charge in [0.05, 0.1) is 11.1 Å². The van der Waals surface area contributed by atoms with Crippen molar-refractivity contribution in [3.05, 3.63) is 64.8 Å². The molecular formula is C24H24N2O3. The second-order valence-electron chi connectivity index (χ2n) is 8.03. The first-order chi connectivity index (χ1) is 13.9. The highest BCUT2D eigenvalue weighted by molar-refractivity contribution is 5.93. The van der Waals surface area contributed by atoms with E-state index in [1.807, 2.05) is 12.1 Å². The van der Waals surface area contributed by atoms with Crippen LogP contribution >= 0.6 is 0 Å². The Kier molecular flexibility index (Phi) is 4.82. The third kappa shape index (κ3) is 3.48. The molecule has 29 heavy (non-hydrogen) atoms. The lowest BCUT2D eigenvalue weighted by molar-refractivity contribution is -0.107. The maximum absolute atomic E-state index is 12.6. The number of hydrogen-bond acceptors (Lipinski definition) is 5. The van der Waals surface area contributed by atoms with Crippen LogP contribution in [0, 0.1) is 0 Å². The maximum Gasteiger partial charge on any atom is 0.344 e. The lowest BCUT2D eigenvalue weighted by atomic mass is 9.87. The highest BCUT2D eigenvalue weighted by Gasteiger charge is 2.31. The Morgan fingerprint density at radius 3 is 2.59 bits per heavy atom. The van der Waals surface area contributed by atoms with Gasteiger partial charge in [-0.25, -0.2) is 4.79 Å². The molecule has 3 heterocycles. The van der Waals surface area contributed by atoms with Crippen LogP contribution in [0.3, 0.4) is 0 Å². The van der Waals surface area contributed by atoms with Gasteiger partial charge in [0.15, 0.2) is 0 Å². The molecule has 0 amide bonds. The molecule has 0 aliphatic carbocycles. The molecule has 3 aromatic rings. The molecule has 4 rings (SSSR count). The fourth-order valence-corrected chi connectivity index (χ4v) is 4.17. The van der Waals surface area contributed by atoms with Crippen LogP contribution in [0.4, 0.5) is 5.69 Å². The Hall–Kier alpha value is -3.21. The molecule has 0 N–H and O–H groups in total. The summed E-state index contributed by atoms with van der Waals surface area (Å²) >= 11 is 0. The van der Waals surface area contributed by atoms with Crippen molar-refractivity contribution in [2.75, 3.05) is 11.4 Å². The number of pyridine rings is 1. The molecule has 0 spiro atoms. The van der Waals surface area contributed by atoms with Crippen molar-refractivity contribution in [3.63, 3.8) is 0 Å². The van der Waals surface area contributed by atoms with E-state index in [1.165, 1.54) is 5.57 Å². The Labute approximate surface area is 169 Å². The zero-order valence-electron chi connectivity index (χ0n) is 16.9. The van der Waals surface area contributed by atoms with E-state index in [0.29, 0.717) is 17.6 Å². The number of unbranched alkanes of at least 4 members (excludes halogenated alkanes) is 1. The van der Waals surface area contributed by atoms with E-state index in [2.05, 4.69) is 42.8 Å². The quantitative estimate of drug-likeness (QED) is 0.356. The standard InChI is InChI=1S/C24H24N2O3/c1-16-15-24(2,3)26(10-4-5-11-27)21-14-22-18(12-19(16)21)13-20(23(28)29-22)17-6-8-25-9-7-17/h6-9,11-15H,4-5,10H2,1-3H3. The molecule has 0 unspecified atom stereocenters. The summed E-state index contributed by atoms with van der Waals surface area (Å²) in [5.74, 6) is 0. The van der Waals surface area contributed by atoms with Crippen molar-refractivity contribution in [2.45, 2.75) is 39.2 Å². The summed E-state index contributed by atoms with van der Waals surface area (Å²) < 4.78 is 5.71. The summed E-state index contributed by atoms with van der Waals surface area (Å²) in [6.45, 7) is 7.19. The minimum Gasteiger partial charge on any atom is -0.422 e. The molecular weight excluding hydrogens is 364 g/mol. The monoisotopic (exact) mass is 388 g/mol. The second-order valence-corrected chi connectivity index (χ2v) is 8.03. The third-order valence-electron chi connectivity index (χ3n) is 5.53. The molecule has 0 saturated carbocycles. The van der Waals surface area contributed by atoms with E-state index in [-0.39, 0.29) is 11.2 Å². The minimum absolute atomic E-state index is 0.190. The van der Waals surface area contributed by atoms with Crippen LogP contribution in [0.5, 0.6) is 0 Å². The Morgan fingerprint density at radius 1 is 1.14 bits per heavy atom. The lowest BCUT2D eigenvalue weighted by Crippen LogP contribution is -2.45. The van der Waals surface area contributed by atoms with Crippen molar-refractivity contribution in [1.29, 1.82) is 0 Å². The van der Waals surface area contributed by atoms with Gasteiger partial charge in [-0.15, -0.1) is 0 Å². The largest absolute Gasteiger partial charge is 0.422 e. The SMILES string of the molecule is CC1=CC(C)(C)N(CCCC=O)c2cc3oc(=O)c(-c4ccncc4)cc3cc21. The van der Waals surface area contributed by atoms with Crippen molar-refractivity contribution < 1.29 is 9.21 Å². The smallest absolute Gasteiger partial charge is 0.344 e. The molecule has 2 aromatic heterocycles. The molecule has 148 valence electrons. The molecule has 0 atom stereocenters. The van der Waals surface area contributed by atoms with E-state index in [9.17, 15) is 9.59 Å². The number of anilines is 1. The number of fused-ring (bicyclic) bond motifs is 2. The van der Waals surface area contributed by atoms with E-state index in [0.717, 1.165) is 41.5 Å². The van der Waals surface area contributed by atoms with Gasteiger partial charge in [0, 0.05) is 48.1 Å². The molecule has 0 saturated heterocycles. The van der Waals surface area contributed by atoms with Crippen LogP contribution in [0.1, 0.15) is 39.2 Å². The van der Waals surface area contributed by atoms with Gasteiger partial charge >= 0.3 is 5.63 Å². The highest BCUT2D eigenvalue weighted by Crippen LogP contribution is 2.41. The highest BCUT2D eigenvalue weighted by atomic mass is 16.4. The van der Waals surface area contributed by atoms with Gasteiger partial charge in [0.1, 0.15) is 11.9 Å². The fourth-order valence-electron chi connectivity index (χ4n) is 4.17. The van der Waals surface area contributed by atoms with Gasteiger partial charge in [0.2, 0.25) is 0 Å². The third-order valence-corrected chi connectivity index (χ3v) is 5.53. The van der Waals surface area contributed by atoms with Crippen LogP contribution in [0.2, 0.25) is 0 Å². The van der Waals surface area contributed by atoms with Gasteiger partial charge in [0.25, 0.3) is 0 Å². The summed E-state index contributed by atoms with van der Waals surface area (Å²) in [6, 6.07) is 9.55. The number of carbonyl (C=O) groups is 1. The van der Waals surface area contributed by atoms with Gasteiger partial charge in [-0.3, -0.25) is 4.98 Å². The predicted molar refractivity (Wildman–Crippen MR) is 116 cm³/mol. The summed E-state index contributed by atoms with van der Waals surface area (Å²) in [4.78, 5) is 29.7. The normalized spacial score (nSPS) is 15.1. The van der Waals surface area contributed by atoms with Gasteiger partial charge < -0.3 is 14.1 Å². The van der Waals surface area contributed by atoms with E-state index in [1.54, 1.807) is 24.5 Å². The average molecular weight is 388 g/mol. The van der Waals surface area contributed by atoms with Gasteiger partial charge in [-0.05, 0) is 62.6 Å². The first-order valence-corrected chi connectivity index (χ1v) is 9.84. The van der Waals surface area contributed by atoms with E-state index < -0.39 is 0 Å². The van der Waals surface area contributed by atoms with E-state index in [4.69, 9.17) is 4.42 Å². The Balaban J connectivity index is 1.87. The number of nitrogens with zero attached hydrogens (tertiary/aromatic N) is 2. The van der Waals surface area contributed by atoms with Crippen LogP contribution < -0.4 is 10.5 Å². The summed E-state index contributed by atoms with van der Waals surface area (Å²) in [5, 5.41) is 0.885. The number of aldehydes is 1. The van der Waals surface area contributed by atoms with Crippen LogP contribution in [0.15, 0.2) is 58.0 Å². The zero-order valence-corrected chi connectivity index (χ0v) is 16.9. The molecule has 0 radical (unpaired) electrons. The fraction of sp³-hybridized carbons (Fsp3) is 0.292. The van der Waals surface area contributed by atoms with Crippen molar-refractivity contribution >= 4 is 28.5 Å². The zero-order chi connectivity index (χ0) is 20.6. The Morgan fingerprint density at radius 2 is 1.86 bits per heavy atom. The molecule has 0 bridgehead atoms. The summed E-state index contributed by atoms with van der Waals surface area (Å²) in [7, 11) is 0. The number of hydrogen-bond donors (Lipinski definition) is 0. The van der Waals surface area contributed by atoms with Crippen LogP contribution in [0.25, 0.3) is 27.7 Å². The molecule has 5 heteroatoms. The minimum atomic E-state index is -0.363. The number of aromatic nitrogens is 1. The number of rotatable bonds is 5. The predicted octanol–water partition coefficient (Wildman–Crippen LogP) is 4.84. The maximum atomic E-state index is 12.6. The topological polar surface area (TPSA) is 63.4 Å². The van der Waals surface area contributed by atoms with Crippen molar-refractivity contribution in [2.24, 2.45) is 0 Å². The molecule has 0 fully saturated rings. The van der Waals surface area contributed by atoms with Crippen LogP contribution in [-0.2, 0) is 4.79 Å². The number of benzene rings is 1. The van der Waals surface area contributed by atoms with E-state index >= 15 is 0 Å². The molecule has 1 aliphatic heterocycles.